The molecule has 0 saturated heterocycles. The second-order valence-electron chi connectivity index (χ2n) is 6.01. The summed E-state index contributed by atoms with van der Waals surface area (Å²) in [6.45, 7) is 3.13. The first-order valence-corrected chi connectivity index (χ1v) is 9.26. The van der Waals surface area contributed by atoms with Crippen LogP contribution in [0.2, 0.25) is 5.02 Å². The third kappa shape index (κ3) is 6.51. The van der Waals surface area contributed by atoms with Gasteiger partial charge in [0.1, 0.15) is 6.61 Å². The lowest BCUT2D eigenvalue weighted by Crippen LogP contribution is -2.26. The van der Waals surface area contributed by atoms with E-state index in [1.165, 1.54) is 0 Å². The van der Waals surface area contributed by atoms with Crippen LogP contribution in [0.25, 0.3) is 0 Å². The lowest BCUT2D eigenvalue weighted by atomic mass is 10.2. The molecule has 0 radical (unpaired) electrons. The van der Waals surface area contributed by atoms with Crippen molar-refractivity contribution in [3.63, 3.8) is 0 Å². The second kappa shape index (κ2) is 10.0. The van der Waals surface area contributed by atoms with Gasteiger partial charge < -0.3 is 19.7 Å². The number of likely N-dealkylation sites (N-methyl/N-ethyl adjacent to an activating group) is 1. The summed E-state index contributed by atoms with van der Waals surface area (Å²) in [4.78, 5) is 2.15. The minimum atomic E-state index is 0.427. The molecule has 6 heteroatoms. The normalized spacial score (nSPS) is 11.0. The van der Waals surface area contributed by atoms with Gasteiger partial charge >= 0.3 is 0 Å². The van der Waals surface area contributed by atoms with Gasteiger partial charge in [0, 0.05) is 24.7 Å². The van der Waals surface area contributed by atoms with Gasteiger partial charge in [0.05, 0.1) is 11.6 Å². The van der Waals surface area contributed by atoms with Gasteiger partial charge in [-0.3, -0.25) is 0 Å². The van der Waals surface area contributed by atoms with Crippen molar-refractivity contribution in [1.29, 1.82) is 0 Å². The van der Waals surface area contributed by atoms with E-state index in [0.717, 1.165) is 35.2 Å². The zero-order valence-electron chi connectivity index (χ0n) is 14.8. The van der Waals surface area contributed by atoms with Crippen molar-refractivity contribution >= 4 is 27.5 Å². The van der Waals surface area contributed by atoms with Crippen molar-refractivity contribution in [3.8, 4) is 11.5 Å². The predicted molar refractivity (Wildman–Crippen MR) is 107 cm³/mol. The average molecular weight is 428 g/mol. The molecule has 0 unspecified atom stereocenters. The standard InChI is InChI=1S/C19H24BrClN2O2/c1-23(2)8-7-22-12-15-10-17(20)19(18(11-15)24-3)25-13-14-5-4-6-16(21)9-14/h4-6,9-11,22H,7-8,12-13H2,1-3H3. The fourth-order valence-corrected chi connectivity index (χ4v) is 3.15. The fraction of sp³-hybridized carbons (Fsp3) is 0.368. The van der Waals surface area contributed by atoms with E-state index in [0.29, 0.717) is 23.1 Å². The number of halogens is 2. The van der Waals surface area contributed by atoms with Gasteiger partial charge in [-0.1, -0.05) is 23.7 Å². The highest BCUT2D eigenvalue weighted by atomic mass is 79.9. The molecule has 0 bridgehead atoms. The van der Waals surface area contributed by atoms with Gasteiger partial charge in [0.15, 0.2) is 11.5 Å². The van der Waals surface area contributed by atoms with Crippen LogP contribution >= 0.6 is 27.5 Å². The Kier molecular flexibility index (Phi) is 8.03. The van der Waals surface area contributed by atoms with Crippen molar-refractivity contribution < 1.29 is 9.47 Å². The van der Waals surface area contributed by atoms with Crippen molar-refractivity contribution in [2.24, 2.45) is 0 Å². The Hall–Kier alpha value is -1.27. The van der Waals surface area contributed by atoms with Crippen LogP contribution in [0.3, 0.4) is 0 Å². The van der Waals surface area contributed by atoms with E-state index in [9.17, 15) is 0 Å². The molecule has 2 aromatic carbocycles. The molecule has 0 heterocycles. The summed E-state index contributed by atoms with van der Waals surface area (Å²) in [5, 5.41) is 4.12. The Labute approximate surface area is 163 Å². The highest BCUT2D eigenvalue weighted by Crippen LogP contribution is 2.37. The molecular weight excluding hydrogens is 404 g/mol. The van der Waals surface area contributed by atoms with E-state index in [2.05, 4.69) is 46.3 Å². The van der Waals surface area contributed by atoms with Crippen LogP contribution in [0.15, 0.2) is 40.9 Å². The monoisotopic (exact) mass is 426 g/mol. The molecule has 2 rings (SSSR count). The minimum absolute atomic E-state index is 0.427. The zero-order valence-corrected chi connectivity index (χ0v) is 17.2. The van der Waals surface area contributed by atoms with Gasteiger partial charge in [0.2, 0.25) is 0 Å². The van der Waals surface area contributed by atoms with Gasteiger partial charge in [-0.05, 0) is 65.4 Å². The van der Waals surface area contributed by atoms with Crippen molar-refractivity contribution in [2.75, 3.05) is 34.3 Å². The first-order chi connectivity index (χ1) is 12.0. The number of nitrogens with zero attached hydrogens (tertiary/aromatic N) is 1. The second-order valence-corrected chi connectivity index (χ2v) is 7.30. The van der Waals surface area contributed by atoms with E-state index < -0.39 is 0 Å². The topological polar surface area (TPSA) is 33.7 Å². The first kappa shape index (κ1) is 20.0. The first-order valence-electron chi connectivity index (χ1n) is 8.08. The number of rotatable bonds is 9. The van der Waals surface area contributed by atoms with Crippen LogP contribution in [0.1, 0.15) is 11.1 Å². The highest BCUT2D eigenvalue weighted by molar-refractivity contribution is 9.10. The lowest BCUT2D eigenvalue weighted by molar-refractivity contribution is 0.282. The molecule has 0 saturated carbocycles. The summed E-state index contributed by atoms with van der Waals surface area (Å²) < 4.78 is 12.3. The Morgan fingerprint density at radius 3 is 2.64 bits per heavy atom. The smallest absolute Gasteiger partial charge is 0.175 e. The van der Waals surface area contributed by atoms with E-state index in [4.69, 9.17) is 21.1 Å². The van der Waals surface area contributed by atoms with Gasteiger partial charge in [-0.15, -0.1) is 0 Å². The maximum atomic E-state index is 6.02. The van der Waals surface area contributed by atoms with Gasteiger partial charge in [-0.2, -0.15) is 0 Å². The summed E-state index contributed by atoms with van der Waals surface area (Å²) in [6, 6.07) is 11.7. The Bertz CT molecular complexity index is 695. The molecule has 0 aliphatic carbocycles. The maximum Gasteiger partial charge on any atom is 0.175 e. The number of ether oxygens (including phenoxy) is 2. The number of nitrogens with one attached hydrogen (secondary N) is 1. The Morgan fingerprint density at radius 2 is 1.96 bits per heavy atom. The summed E-state index contributed by atoms with van der Waals surface area (Å²) >= 11 is 9.61. The molecule has 136 valence electrons. The number of benzene rings is 2. The largest absolute Gasteiger partial charge is 0.493 e. The molecule has 2 aromatic rings. The quantitative estimate of drug-likeness (QED) is 0.604. The Morgan fingerprint density at radius 1 is 1.16 bits per heavy atom. The van der Waals surface area contributed by atoms with Crippen molar-refractivity contribution in [3.05, 3.63) is 57.0 Å². The average Bonchev–Trinajstić information content (AvgIpc) is 2.57. The van der Waals surface area contributed by atoms with Crippen LogP contribution in [0.5, 0.6) is 11.5 Å². The highest BCUT2D eigenvalue weighted by Gasteiger charge is 2.12. The lowest BCUT2D eigenvalue weighted by Gasteiger charge is -2.15. The van der Waals surface area contributed by atoms with Gasteiger partial charge in [0.25, 0.3) is 0 Å². The molecule has 1 N–H and O–H groups in total. The van der Waals surface area contributed by atoms with Crippen LogP contribution in [-0.4, -0.2) is 39.2 Å². The minimum Gasteiger partial charge on any atom is -0.493 e. The van der Waals surface area contributed by atoms with Crippen molar-refractivity contribution in [2.45, 2.75) is 13.2 Å². The number of methoxy groups -OCH3 is 1. The van der Waals surface area contributed by atoms with Crippen LogP contribution in [-0.2, 0) is 13.2 Å². The molecule has 0 atom stereocenters. The van der Waals surface area contributed by atoms with Crippen LogP contribution in [0, 0.1) is 0 Å². The maximum absolute atomic E-state index is 6.02. The number of hydrogen-bond donors (Lipinski definition) is 1. The SMILES string of the molecule is COc1cc(CNCCN(C)C)cc(Br)c1OCc1cccc(Cl)c1. The molecule has 0 aliphatic rings. The summed E-state index contributed by atoms with van der Waals surface area (Å²) in [5.41, 5.74) is 2.15. The molecule has 0 fully saturated rings. The molecule has 0 spiro atoms. The van der Waals surface area contributed by atoms with E-state index >= 15 is 0 Å². The molecule has 0 aliphatic heterocycles. The molecule has 0 aromatic heterocycles. The summed E-state index contributed by atoms with van der Waals surface area (Å²) in [6.07, 6.45) is 0. The molecular formula is C19H24BrClN2O2. The van der Waals surface area contributed by atoms with E-state index in [-0.39, 0.29) is 0 Å². The third-order valence-electron chi connectivity index (χ3n) is 3.63. The molecule has 4 nitrogen and oxygen atoms in total. The van der Waals surface area contributed by atoms with Crippen molar-refractivity contribution in [1.82, 2.24) is 10.2 Å². The predicted octanol–water partition coefficient (Wildman–Crippen LogP) is 4.34. The third-order valence-corrected chi connectivity index (χ3v) is 4.45. The van der Waals surface area contributed by atoms with Crippen LogP contribution < -0.4 is 14.8 Å². The van der Waals surface area contributed by atoms with E-state index in [1.807, 2.05) is 30.3 Å². The molecule has 25 heavy (non-hydrogen) atoms. The Balaban J connectivity index is 2.03. The van der Waals surface area contributed by atoms with Gasteiger partial charge in [-0.25, -0.2) is 0 Å². The molecule has 0 amide bonds. The zero-order chi connectivity index (χ0) is 18.2. The van der Waals surface area contributed by atoms with E-state index in [1.54, 1.807) is 7.11 Å². The fourth-order valence-electron chi connectivity index (χ4n) is 2.33. The summed E-state index contributed by atoms with van der Waals surface area (Å²) in [5.74, 6) is 1.40. The number of hydrogen-bond acceptors (Lipinski definition) is 4. The summed E-state index contributed by atoms with van der Waals surface area (Å²) in [7, 11) is 5.78. The van der Waals surface area contributed by atoms with Crippen LogP contribution in [0.4, 0.5) is 0 Å².